The van der Waals surface area contributed by atoms with Crippen LogP contribution in [0, 0.1) is 0 Å². The van der Waals surface area contributed by atoms with Gasteiger partial charge in [-0.3, -0.25) is 4.90 Å². The van der Waals surface area contributed by atoms with E-state index in [0.717, 1.165) is 38.5 Å². The molecular formula is C14H23N3O. The van der Waals surface area contributed by atoms with Crippen LogP contribution in [0.4, 0.5) is 11.4 Å². The fraction of sp³-hybridized carbons (Fsp3) is 0.571. The number of rotatable bonds is 4. The molecule has 1 aliphatic rings. The Bertz CT molecular complexity index is 366. The normalized spacial score (nSPS) is 20.9. The van der Waals surface area contributed by atoms with Gasteiger partial charge in [-0.15, -0.1) is 0 Å². The number of nitrogen functional groups attached to an aromatic ring is 1. The molecule has 1 unspecified atom stereocenters. The molecular weight excluding hydrogens is 226 g/mol. The van der Waals surface area contributed by atoms with E-state index in [1.807, 2.05) is 12.1 Å². The van der Waals surface area contributed by atoms with Crippen LogP contribution in [0.5, 0.6) is 0 Å². The standard InChI is InChI=1S/C14H23N3O/c1-3-17-8-9-18-14(11-17)10-16(2)13-6-4-12(15)5-7-13/h4-7,14H,3,8-11,15H2,1-2H3. The largest absolute Gasteiger partial charge is 0.399 e. The Morgan fingerprint density at radius 2 is 2.11 bits per heavy atom. The summed E-state index contributed by atoms with van der Waals surface area (Å²) < 4.78 is 5.82. The molecule has 18 heavy (non-hydrogen) atoms. The van der Waals surface area contributed by atoms with Crippen molar-refractivity contribution in [1.29, 1.82) is 0 Å². The summed E-state index contributed by atoms with van der Waals surface area (Å²) in [6.07, 6.45) is 0.293. The maximum absolute atomic E-state index is 5.82. The summed E-state index contributed by atoms with van der Waals surface area (Å²) in [7, 11) is 2.10. The predicted molar refractivity (Wildman–Crippen MR) is 76.0 cm³/mol. The number of anilines is 2. The van der Waals surface area contributed by atoms with Crippen LogP contribution in [0.25, 0.3) is 0 Å². The van der Waals surface area contributed by atoms with Crippen LogP contribution in [0.1, 0.15) is 6.92 Å². The Morgan fingerprint density at radius 1 is 1.39 bits per heavy atom. The van der Waals surface area contributed by atoms with E-state index in [1.165, 1.54) is 5.69 Å². The lowest BCUT2D eigenvalue weighted by Gasteiger charge is -2.34. The third kappa shape index (κ3) is 3.37. The van der Waals surface area contributed by atoms with Crippen LogP contribution in [-0.2, 0) is 4.74 Å². The second kappa shape index (κ2) is 6.07. The molecule has 1 heterocycles. The molecule has 4 heteroatoms. The van der Waals surface area contributed by atoms with Crippen LogP contribution in [-0.4, -0.2) is 50.8 Å². The van der Waals surface area contributed by atoms with E-state index in [1.54, 1.807) is 0 Å². The second-order valence-corrected chi connectivity index (χ2v) is 4.86. The third-order valence-electron chi connectivity index (χ3n) is 3.48. The number of morpholine rings is 1. The van der Waals surface area contributed by atoms with Crippen molar-refractivity contribution in [3.8, 4) is 0 Å². The molecule has 1 atom stereocenters. The molecule has 0 radical (unpaired) electrons. The molecule has 4 nitrogen and oxygen atoms in total. The van der Waals surface area contributed by atoms with E-state index in [2.05, 4.69) is 35.9 Å². The fourth-order valence-corrected chi connectivity index (χ4v) is 2.32. The molecule has 0 bridgehead atoms. The van der Waals surface area contributed by atoms with E-state index < -0.39 is 0 Å². The zero-order chi connectivity index (χ0) is 13.0. The van der Waals surface area contributed by atoms with Crippen LogP contribution >= 0.6 is 0 Å². The zero-order valence-electron chi connectivity index (χ0n) is 11.3. The average Bonchev–Trinajstić information content (AvgIpc) is 2.39. The van der Waals surface area contributed by atoms with Crippen molar-refractivity contribution in [2.24, 2.45) is 0 Å². The van der Waals surface area contributed by atoms with Gasteiger partial charge in [-0.2, -0.15) is 0 Å². The highest BCUT2D eigenvalue weighted by atomic mass is 16.5. The number of benzene rings is 1. The Kier molecular flexibility index (Phi) is 4.44. The molecule has 0 amide bonds. The summed E-state index contributed by atoms with van der Waals surface area (Å²) in [5.41, 5.74) is 7.68. The smallest absolute Gasteiger partial charge is 0.0876 e. The number of ether oxygens (including phenoxy) is 1. The van der Waals surface area contributed by atoms with Crippen molar-refractivity contribution < 1.29 is 4.74 Å². The molecule has 1 fully saturated rings. The number of hydrogen-bond acceptors (Lipinski definition) is 4. The summed E-state index contributed by atoms with van der Waals surface area (Å²) in [5.74, 6) is 0. The van der Waals surface area contributed by atoms with Gasteiger partial charge in [-0.05, 0) is 30.8 Å². The summed E-state index contributed by atoms with van der Waals surface area (Å²) in [5, 5.41) is 0. The SMILES string of the molecule is CCN1CCOC(CN(C)c2ccc(N)cc2)C1. The van der Waals surface area contributed by atoms with Crippen molar-refractivity contribution in [3.05, 3.63) is 24.3 Å². The molecule has 0 saturated carbocycles. The Labute approximate surface area is 109 Å². The Morgan fingerprint density at radius 3 is 2.78 bits per heavy atom. The summed E-state index contributed by atoms with van der Waals surface area (Å²) in [4.78, 5) is 4.66. The third-order valence-corrected chi connectivity index (χ3v) is 3.48. The number of nitrogens with two attached hydrogens (primary N) is 1. The van der Waals surface area contributed by atoms with Crippen LogP contribution in [0.15, 0.2) is 24.3 Å². The molecule has 2 rings (SSSR count). The van der Waals surface area contributed by atoms with E-state index in [9.17, 15) is 0 Å². The molecule has 1 saturated heterocycles. The lowest BCUT2D eigenvalue weighted by atomic mass is 10.2. The van der Waals surface area contributed by atoms with Gasteiger partial charge in [0.15, 0.2) is 0 Å². The number of likely N-dealkylation sites (N-methyl/N-ethyl adjacent to an activating group) is 2. The lowest BCUT2D eigenvalue weighted by molar-refractivity contribution is -0.0216. The minimum atomic E-state index is 0.293. The van der Waals surface area contributed by atoms with Crippen LogP contribution < -0.4 is 10.6 Å². The monoisotopic (exact) mass is 249 g/mol. The van der Waals surface area contributed by atoms with E-state index in [0.29, 0.717) is 6.10 Å². The predicted octanol–water partition coefficient (Wildman–Crippen LogP) is 1.43. The quantitative estimate of drug-likeness (QED) is 0.820. The lowest BCUT2D eigenvalue weighted by Crippen LogP contribution is -2.46. The van der Waals surface area contributed by atoms with Gasteiger partial charge in [0.25, 0.3) is 0 Å². The van der Waals surface area contributed by atoms with Crippen molar-refractivity contribution in [2.45, 2.75) is 13.0 Å². The van der Waals surface area contributed by atoms with Crippen LogP contribution in [0.2, 0.25) is 0 Å². The summed E-state index contributed by atoms with van der Waals surface area (Å²) in [6.45, 7) is 7.14. The molecule has 0 aromatic heterocycles. The van der Waals surface area contributed by atoms with Gasteiger partial charge in [0, 0.05) is 38.1 Å². The topological polar surface area (TPSA) is 41.7 Å². The molecule has 0 aliphatic carbocycles. The highest BCUT2D eigenvalue weighted by molar-refractivity contribution is 5.52. The first-order valence-electron chi connectivity index (χ1n) is 6.59. The first-order chi connectivity index (χ1) is 8.69. The summed E-state index contributed by atoms with van der Waals surface area (Å²) in [6, 6.07) is 7.98. The van der Waals surface area contributed by atoms with Gasteiger partial charge in [0.05, 0.1) is 12.7 Å². The van der Waals surface area contributed by atoms with Gasteiger partial charge in [0.2, 0.25) is 0 Å². The van der Waals surface area contributed by atoms with Gasteiger partial charge >= 0.3 is 0 Å². The number of nitrogens with zero attached hydrogens (tertiary/aromatic N) is 2. The zero-order valence-corrected chi connectivity index (χ0v) is 11.3. The molecule has 1 aliphatic heterocycles. The van der Waals surface area contributed by atoms with Gasteiger partial charge in [-0.1, -0.05) is 6.92 Å². The summed E-state index contributed by atoms with van der Waals surface area (Å²) >= 11 is 0. The maximum Gasteiger partial charge on any atom is 0.0876 e. The number of hydrogen-bond donors (Lipinski definition) is 1. The second-order valence-electron chi connectivity index (χ2n) is 4.86. The Balaban J connectivity index is 1.90. The van der Waals surface area contributed by atoms with Gasteiger partial charge in [0.1, 0.15) is 0 Å². The van der Waals surface area contributed by atoms with Crippen molar-refractivity contribution in [3.63, 3.8) is 0 Å². The van der Waals surface area contributed by atoms with Crippen molar-refractivity contribution in [1.82, 2.24) is 4.90 Å². The van der Waals surface area contributed by atoms with Gasteiger partial charge in [-0.25, -0.2) is 0 Å². The Hall–Kier alpha value is -1.26. The van der Waals surface area contributed by atoms with Gasteiger partial charge < -0.3 is 15.4 Å². The molecule has 2 N–H and O–H groups in total. The van der Waals surface area contributed by atoms with Crippen molar-refractivity contribution >= 4 is 11.4 Å². The first kappa shape index (κ1) is 13.2. The van der Waals surface area contributed by atoms with Crippen LogP contribution in [0.3, 0.4) is 0 Å². The maximum atomic E-state index is 5.82. The van der Waals surface area contributed by atoms with Crippen molar-refractivity contribution in [2.75, 3.05) is 50.5 Å². The minimum absolute atomic E-state index is 0.293. The average molecular weight is 249 g/mol. The molecule has 0 spiro atoms. The molecule has 1 aromatic carbocycles. The highest BCUT2D eigenvalue weighted by Crippen LogP contribution is 2.16. The highest BCUT2D eigenvalue weighted by Gasteiger charge is 2.20. The molecule has 100 valence electrons. The van der Waals surface area contributed by atoms with E-state index >= 15 is 0 Å². The van der Waals surface area contributed by atoms with E-state index in [-0.39, 0.29) is 0 Å². The first-order valence-corrected chi connectivity index (χ1v) is 6.59. The fourth-order valence-electron chi connectivity index (χ4n) is 2.32. The van der Waals surface area contributed by atoms with E-state index in [4.69, 9.17) is 10.5 Å². The minimum Gasteiger partial charge on any atom is -0.399 e. The molecule has 1 aromatic rings.